The van der Waals surface area contributed by atoms with E-state index in [0.29, 0.717) is 0 Å². The second kappa shape index (κ2) is 7.92. The molecule has 1 aromatic heterocycles. The summed E-state index contributed by atoms with van der Waals surface area (Å²) in [5.41, 5.74) is 2.97. The van der Waals surface area contributed by atoms with Gasteiger partial charge in [0.25, 0.3) is 0 Å². The fraction of sp³-hybridized carbons (Fsp3) is 0.0417. The molecule has 1 N–H and O–H groups in total. The van der Waals surface area contributed by atoms with Crippen LogP contribution in [0.2, 0.25) is 0 Å². The Morgan fingerprint density at radius 3 is 1.41 bits per heavy atom. The second-order valence-corrected chi connectivity index (χ2v) is 7.58. The van der Waals surface area contributed by atoms with Gasteiger partial charge >= 0.3 is 0 Å². The molecule has 2 nitrogen and oxygen atoms in total. The Morgan fingerprint density at radius 1 is 0.593 bits per heavy atom. The summed E-state index contributed by atoms with van der Waals surface area (Å²) < 4.78 is 1.11. The first-order valence-corrected chi connectivity index (χ1v) is 9.93. The third kappa shape index (κ3) is 3.60. The summed E-state index contributed by atoms with van der Waals surface area (Å²) in [5, 5.41) is 3.75. The third-order valence-corrected chi connectivity index (χ3v) is 5.30. The minimum absolute atomic E-state index is 0.538. The molecule has 3 aromatic carbocycles. The Morgan fingerprint density at radius 2 is 1.04 bits per heavy atom. The van der Waals surface area contributed by atoms with Crippen molar-refractivity contribution in [2.45, 2.75) is 5.54 Å². The van der Waals surface area contributed by atoms with Crippen LogP contribution in [0.15, 0.2) is 109 Å². The van der Waals surface area contributed by atoms with Crippen molar-refractivity contribution in [3.8, 4) is 0 Å². The smallest absolute Gasteiger partial charge is 0.127 e. The Hall–Kier alpha value is -2.66. The van der Waals surface area contributed by atoms with Crippen LogP contribution in [0.5, 0.6) is 0 Å². The van der Waals surface area contributed by atoms with Gasteiger partial charge in [0.2, 0.25) is 0 Å². The molecule has 0 fully saturated rings. The van der Waals surface area contributed by atoms with Gasteiger partial charge in [-0.05, 0) is 51.4 Å². The van der Waals surface area contributed by atoms with Gasteiger partial charge in [-0.3, -0.25) is 0 Å². The first kappa shape index (κ1) is 17.7. The summed E-state index contributed by atoms with van der Waals surface area (Å²) >= 11 is 2.28. The largest absolute Gasteiger partial charge is 0.353 e. The molecule has 132 valence electrons. The number of pyridine rings is 1. The van der Waals surface area contributed by atoms with Gasteiger partial charge in [-0.1, -0.05) is 91.0 Å². The van der Waals surface area contributed by atoms with Gasteiger partial charge in [0, 0.05) is 9.77 Å². The van der Waals surface area contributed by atoms with E-state index in [-0.39, 0.29) is 0 Å². The maximum atomic E-state index is 4.62. The summed E-state index contributed by atoms with van der Waals surface area (Å²) in [6.45, 7) is 0. The highest BCUT2D eigenvalue weighted by molar-refractivity contribution is 14.1. The summed E-state index contributed by atoms with van der Waals surface area (Å²) in [5.74, 6) is 0.840. The average molecular weight is 462 g/mol. The van der Waals surface area contributed by atoms with Crippen molar-refractivity contribution < 1.29 is 0 Å². The van der Waals surface area contributed by atoms with E-state index in [9.17, 15) is 0 Å². The number of nitrogens with zero attached hydrogens (tertiary/aromatic N) is 1. The zero-order valence-electron chi connectivity index (χ0n) is 14.7. The van der Waals surface area contributed by atoms with Crippen LogP contribution in [-0.4, -0.2) is 4.98 Å². The molecule has 0 bridgehead atoms. The van der Waals surface area contributed by atoms with E-state index in [1.165, 1.54) is 16.7 Å². The maximum absolute atomic E-state index is 4.62. The van der Waals surface area contributed by atoms with E-state index in [1.807, 2.05) is 30.5 Å². The van der Waals surface area contributed by atoms with Gasteiger partial charge in [-0.2, -0.15) is 0 Å². The van der Waals surface area contributed by atoms with Crippen molar-refractivity contribution in [2.75, 3.05) is 5.32 Å². The molecule has 0 radical (unpaired) electrons. The van der Waals surface area contributed by atoms with Crippen molar-refractivity contribution in [1.29, 1.82) is 0 Å². The summed E-state index contributed by atoms with van der Waals surface area (Å²) in [7, 11) is 0. The fourth-order valence-corrected chi connectivity index (χ4v) is 3.74. The molecule has 4 aromatic rings. The van der Waals surface area contributed by atoms with Crippen LogP contribution in [-0.2, 0) is 5.54 Å². The topological polar surface area (TPSA) is 24.9 Å². The highest BCUT2D eigenvalue weighted by Gasteiger charge is 2.36. The number of hydrogen-bond acceptors (Lipinski definition) is 2. The second-order valence-electron chi connectivity index (χ2n) is 6.33. The Balaban J connectivity index is 1.98. The van der Waals surface area contributed by atoms with Crippen LogP contribution < -0.4 is 5.32 Å². The van der Waals surface area contributed by atoms with Crippen LogP contribution in [0.25, 0.3) is 0 Å². The van der Waals surface area contributed by atoms with Gasteiger partial charge in [0.15, 0.2) is 0 Å². The molecule has 0 spiro atoms. The monoisotopic (exact) mass is 462 g/mol. The highest BCUT2D eigenvalue weighted by atomic mass is 127. The molecule has 0 aliphatic heterocycles. The van der Waals surface area contributed by atoms with Crippen molar-refractivity contribution in [3.05, 3.63) is 130 Å². The first-order valence-electron chi connectivity index (χ1n) is 8.85. The molecule has 4 rings (SSSR count). The lowest BCUT2D eigenvalue weighted by atomic mass is 9.77. The van der Waals surface area contributed by atoms with Gasteiger partial charge in [0.05, 0.1) is 0 Å². The molecule has 0 aliphatic rings. The van der Waals surface area contributed by atoms with Crippen molar-refractivity contribution >= 4 is 28.4 Å². The van der Waals surface area contributed by atoms with Crippen molar-refractivity contribution in [2.24, 2.45) is 0 Å². The minimum atomic E-state index is -0.538. The predicted molar refractivity (Wildman–Crippen MR) is 120 cm³/mol. The van der Waals surface area contributed by atoms with E-state index in [4.69, 9.17) is 0 Å². The lowest BCUT2D eigenvalue weighted by Crippen LogP contribution is -2.38. The van der Waals surface area contributed by atoms with Gasteiger partial charge < -0.3 is 5.32 Å². The van der Waals surface area contributed by atoms with Crippen LogP contribution in [0, 0.1) is 3.57 Å². The molecule has 0 unspecified atom stereocenters. The van der Waals surface area contributed by atoms with E-state index in [1.54, 1.807) is 0 Å². The maximum Gasteiger partial charge on any atom is 0.127 e. The molecule has 0 amide bonds. The summed E-state index contributed by atoms with van der Waals surface area (Å²) in [6.07, 6.45) is 1.88. The molecule has 0 aliphatic carbocycles. The normalized spacial score (nSPS) is 11.1. The summed E-state index contributed by atoms with van der Waals surface area (Å²) in [4.78, 5) is 4.62. The highest BCUT2D eigenvalue weighted by Crippen LogP contribution is 2.39. The number of nitrogens with one attached hydrogen (secondary N) is 1. The molecule has 0 atom stereocenters. The van der Waals surface area contributed by atoms with Crippen LogP contribution >= 0.6 is 22.6 Å². The predicted octanol–water partition coefficient (Wildman–Crippen LogP) is 6.09. The van der Waals surface area contributed by atoms with Crippen molar-refractivity contribution in [3.63, 3.8) is 0 Å². The molecule has 0 saturated heterocycles. The Labute approximate surface area is 173 Å². The number of halogens is 1. The number of hydrogen-bond donors (Lipinski definition) is 1. The van der Waals surface area contributed by atoms with Crippen LogP contribution in [0.1, 0.15) is 16.7 Å². The molecule has 27 heavy (non-hydrogen) atoms. The first-order chi connectivity index (χ1) is 13.3. The van der Waals surface area contributed by atoms with E-state index in [2.05, 4.69) is 112 Å². The number of anilines is 1. The average Bonchev–Trinajstić information content (AvgIpc) is 2.75. The van der Waals surface area contributed by atoms with Crippen LogP contribution in [0.4, 0.5) is 5.82 Å². The Kier molecular flexibility index (Phi) is 5.21. The quantitative estimate of drug-likeness (QED) is 0.287. The fourth-order valence-electron chi connectivity index (χ4n) is 3.42. The minimum Gasteiger partial charge on any atom is -0.353 e. The number of aromatic nitrogens is 1. The number of benzene rings is 3. The van der Waals surface area contributed by atoms with Crippen molar-refractivity contribution in [1.82, 2.24) is 4.98 Å². The molecule has 0 saturated carbocycles. The third-order valence-electron chi connectivity index (χ3n) is 4.66. The SMILES string of the molecule is Ic1ccc(NC(c2ccccc2)(c2ccccc2)c2ccccc2)nc1. The summed E-state index contributed by atoms with van der Waals surface area (Å²) in [6, 6.07) is 35.7. The molecule has 1 heterocycles. The van der Waals surface area contributed by atoms with E-state index >= 15 is 0 Å². The lowest BCUT2D eigenvalue weighted by molar-refractivity contribution is 0.706. The molecule has 3 heteroatoms. The molecular weight excluding hydrogens is 443 g/mol. The number of rotatable bonds is 5. The Bertz CT molecular complexity index is 888. The van der Waals surface area contributed by atoms with E-state index < -0.39 is 5.54 Å². The van der Waals surface area contributed by atoms with Gasteiger partial charge in [-0.25, -0.2) is 4.98 Å². The van der Waals surface area contributed by atoms with Gasteiger partial charge in [-0.15, -0.1) is 0 Å². The zero-order valence-corrected chi connectivity index (χ0v) is 16.9. The standard InChI is InChI=1S/C24H19IN2/c25-22-16-17-23(26-18-22)27-24(19-10-4-1-5-11-19,20-12-6-2-7-13-20)21-14-8-3-9-15-21/h1-18H,(H,26,27). The van der Waals surface area contributed by atoms with Gasteiger partial charge in [0.1, 0.15) is 11.4 Å². The molecular formula is C24H19IN2. The van der Waals surface area contributed by atoms with Crippen LogP contribution in [0.3, 0.4) is 0 Å². The zero-order chi connectivity index (χ0) is 18.5. The van der Waals surface area contributed by atoms with E-state index in [0.717, 1.165) is 9.39 Å². The lowest BCUT2D eigenvalue weighted by Gasteiger charge is -2.37.